The number of aliphatic hydroxyl groups excluding tert-OH is 1. The van der Waals surface area contributed by atoms with Gasteiger partial charge in [-0.1, -0.05) is 13.8 Å². The number of carbonyl (C=O) groups excluding carboxylic acids is 1. The molecule has 20 heavy (non-hydrogen) atoms. The van der Waals surface area contributed by atoms with Crippen LogP contribution in [0.1, 0.15) is 30.8 Å². The molecule has 114 valence electrons. The van der Waals surface area contributed by atoms with Crippen molar-refractivity contribution < 1.29 is 18.3 Å². The van der Waals surface area contributed by atoms with Crippen molar-refractivity contribution in [3.63, 3.8) is 0 Å². The third-order valence-corrected chi connectivity index (χ3v) is 4.44. The number of carbonyl (C=O) groups is 1. The Morgan fingerprint density at radius 1 is 1.50 bits per heavy atom. The molecule has 7 nitrogen and oxygen atoms in total. The average Bonchev–Trinajstić information content (AvgIpc) is 2.70. The number of aromatic nitrogens is 1. The molecule has 0 aliphatic heterocycles. The van der Waals surface area contributed by atoms with Gasteiger partial charge in [0.25, 0.3) is 5.91 Å². The molecule has 8 heteroatoms. The van der Waals surface area contributed by atoms with E-state index >= 15 is 0 Å². The number of hydrogen-bond acceptors (Lipinski definition) is 4. The fourth-order valence-corrected chi connectivity index (χ4v) is 3.00. The van der Waals surface area contributed by atoms with E-state index in [1.54, 1.807) is 7.05 Å². The van der Waals surface area contributed by atoms with Gasteiger partial charge in [0.05, 0.1) is 0 Å². The number of primary amides is 1. The molecule has 0 saturated heterocycles. The number of aryl methyl sites for hydroxylation is 1. The summed E-state index contributed by atoms with van der Waals surface area (Å²) in [6, 6.07) is 1.24. The molecule has 4 N–H and O–H groups in total. The highest BCUT2D eigenvalue weighted by Crippen LogP contribution is 2.20. The zero-order valence-corrected chi connectivity index (χ0v) is 12.7. The van der Waals surface area contributed by atoms with Gasteiger partial charge in [-0.3, -0.25) is 4.79 Å². The van der Waals surface area contributed by atoms with Crippen LogP contribution in [0.2, 0.25) is 0 Å². The van der Waals surface area contributed by atoms with E-state index in [-0.39, 0.29) is 29.2 Å². The van der Waals surface area contributed by atoms with Crippen LogP contribution in [0.4, 0.5) is 0 Å². The Labute approximate surface area is 118 Å². The van der Waals surface area contributed by atoms with Crippen LogP contribution in [-0.2, 0) is 17.1 Å². The Morgan fingerprint density at radius 3 is 2.55 bits per heavy atom. The summed E-state index contributed by atoms with van der Waals surface area (Å²) in [5.41, 5.74) is 4.92. The summed E-state index contributed by atoms with van der Waals surface area (Å²) in [5.74, 6) is -0.686. The number of nitrogens with one attached hydrogen (secondary N) is 1. The van der Waals surface area contributed by atoms with E-state index in [9.17, 15) is 13.2 Å². The SMILES string of the molecule is Cn1cc(S(=O)(=O)NCC(C)(C)CCO)cc1C(N)=O. The standard InChI is InChI=1S/C12H21N3O4S/c1-12(2,4-5-16)8-14-20(18,19)9-6-10(11(13)17)15(3)7-9/h6-7,14,16H,4-5,8H2,1-3H3,(H2,13,17). The molecule has 1 heterocycles. The second kappa shape index (κ2) is 5.94. The molecule has 1 aromatic rings. The second-order valence-corrected chi connectivity index (χ2v) is 7.27. The van der Waals surface area contributed by atoms with Gasteiger partial charge < -0.3 is 15.4 Å². The molecule has 1 aromatic heterocycles. The van der Waals surface area contributed by atoms with Gasteiger partial charge in [0, 0.05) is 26.4 Å². The van der Waals surface area contributed by atoms with Crippen LogP contribution in [0.5, 0.6) is 0 Å². The van der Waals surface area contributed by atoms with E-state index < -0.39 is 15.9 Å². The van der Waals surface area contributed by atoms with Crippen LogP contribution < -0.4 is 10.5 Å². The number of aliphatic hydroxyl groups is 1. The molecule has 0 aliphatic rings. The molecule has 1 rings (SSSR count). The fraction of sp³-hybridized carbons (Fsp3) is 0.583. The van der Waals surface area contributed by atoms with Crippen molar-refractivity contribution in [3.8, 4) is 0 Å². The summed E-state index contributed by atoms with van der Waals surface area (Å²) in [6.07, 6.45) is 1.82. The number of hydrogen-bond donors (Lipinski definition) is 3. The third kappa shape index (κ3) is 4.06. The predicted octanol–water partition coefficient (Wildman–Crippen LogP) is -0.189. The number of nitrogens with zero attached hydrogens (tertiary/aromatic N) is 1. The molecule has 0 fully saturated rings. The lowest BCUT2D eigenvalue weighted by Gasteiger charge is -2.23. The number of sulfonamides is 1. The maximum absolute atomic E-state index is 12.1. The molecule has 0 bridgehead atoms. The predicted molar refractivity (Wildman–Crippen MR) is 74.6 cm³/mol. The summed E-state index contributed by atoms with van der Waals surface area (Å²) in [7, 11) is -2.16. The molecule has 0 atom stereocenters. The molecule has 1 amide bonds. The van der Waals surface area contributed by atoms with E-state index in [4.69, 9.17) is 10.8 Å². The van der Waals surface area contributed by atoms with Crippen molar-refractivity contribution >= 4 is 15.9 Å². The smallest absolute Gasteiger partial charge is 0.265 e. The minimum atomic E-state index is -3.71. The average molecular weight is 303 g/mol. The molecule has 0 radical (unpaired) electrons. The van der Waals surface area contributed by atoms with Crippen molar-refractivity contribution in [2.75, 3.05) is 13.2 Å². The molecular weight excluding hydrogens is 282 g/mol. The molecule has 0 aliphatic carbocycles. The van der Waals surface area contributed by atoms with Gasteiger partial charge in [-0.15, -0.1) is 0 Å². The summed E-state index contributed by atoms with van der Waals surface area (Å²) < 4.78 is 28.1. The summed E-state index contributed by atoms with van der Waals surface area (Å²) in [6.45, 7) is 3.89. The van der Waals surface area contributed by atoms with Gasteiger partial charge in [0.2, 0.25) is 10.0 Å². The van der Waals surface area contributed by atoms with Gasteiger partial charge in [0.1, 0.15) is 10.6 Å². The zero-order valence-electron chi connectivity index (χ0n) is 11.9. The maximum Gasteiger partial charge on any atom is 0.265 e. The first kappa shape index (κ1) is 16.7. The monoisotopic (exact) mass is 303 g/mol. The normalized spacial score (nSPS) is 12.6. The van der Waals surface area contributed by atoms with Crippen LogP contribution in [0.15, 0.2) is 17.2 Å². The summed E-state index contributed by atoms with van der Waals surface area (Å²) in [4.78, 5) is 11.1. The Morgan fingerprint density at radius 2 is 2.10 bits per heavy atom. The van der Waals surface area contributed by atoms with E-state index in [0.29, 0.717) is 6.42 Å². The highest BCUT2D eigenvalue weighted by Gasteiger charge is 2.24. The van der Waals surface area contributed by atoms with Crippen molar-refractivity contribution in [1.82, 2.24) is 9.29 Å². The number of amides is 1. The van der Waals surface area contributed by atoms with Gasteiger partial charge in [-0.25, -0.2) is 13.1 Å². The summed E-state index contributed by atoms with van der Waals surface area (Å²) >= 11 is 0. The van der Waals surface area contributed by atoms with Crippen LogP contribution in [0.3, 0.4) is 0 Å². The first-order valence-electron chi connectivity index (χ1n) is 6.16. The van der Waals surface area contributed by atoms with Crippen LogP contribution in [0.25, 0.3) is 0 Å². The molecule has 0 unspecified atom stereocenters. The van der Waals surface area contributed by atoms with Crippen LogP contribution in [0, 0.1) is 5.41 Å². The van der Waals surface area contributed by atoms with Crippen molar-refractivity contribution in [2.45, 2.75) is 25.2 Å². The highest BCUT2D eigenvalue weighted by atomic mass is 32.2. The first-order valence-corrected chi connectivity index (χ1v) is 7.64. The van der Waals surface area contributed by atoms with Crippen molar-refractivity contribution in [3.05, 3.63) is 18.0 Å². The van der Waals surface area contributed by atoms with Crippen LogP contribution in [-0.4, -0.2) is 37.2 Å². The highest BCUT2D eigenvalue weighted by molar-refractivity contribution is 7.89. The van der Waals surface area contributed by atoms with E-state index in [0.717, 1.165) is 0 Å². The largest absolute Gasteiger partial charge is 0.396 e. The topological polar surface area (TPSA) is 114 Å². The number of nitrogens with two attached hydrogens (primary N) is 1. The lowest BCUT2D eigenvalue weighted by atomic mass is 9.90. The van der Waals surface area contributed by atoms with E-state index in [1.807, 2.05) is 13.8 Å². The van der Waals surface area contributed by atoms with Crippen molar-refractivity contribution in [2.24, 2.45) is 18.2 Å². The summed E-state index contributed by atoms with van der Waals surface area (Å²) in [5, 5.41) is 8.92. The van der Waals surface area contributed by atoms with Gasteiger partial charge in [0.15, 0.2) is 0 Å². The Kier molecular flexibility index (Phi) is 4.95. The Hall–Kier alpha value is -1.38. The van der Waals surface area contributed by atoms with E-state index in [2.05, 4.69) is 4.72 Å². The maximum atomic E-state index is 12.1. The molecule has 0 saturated carbocycles. The molecular formula is C12H21N3O4S. The van der Waals surface area contributed by atoms with Gasteiger partial charge >= 0.3 is 0 Å². The molecule has 0 spiro atoms. The third-order valence-electron chi connectivity index (χ3n) is 3.07. The number of rotatable bonds is 7. The minimum absolute atomic E-state index is 0.00593. The van der Waals surface area contributed by atoms with E-state index in [1.165, 1.54) is 16.8 Å². The van der Waals surface area contributed by atoms with Crippen LogP contribution >= 0.6 is 0 Å². The fourth-order valence-electron chi connectivity index (χ4n) is 1.69. The Balaban J connectivity index is 2.90. The van der Waals surface area contributed by atoms with Gasteiger partial charge in [-0.2, -0.15) is 0 Å². The minimum Gasteiger partial charge on any atom is -0.396 e. The quantitative estimate of drug-likeness (QED) is 0.647. The second-order valence-electron chi connectivity index (χ2n) is 5.50. The zero-order chi connectivity index (χ0) is 15.6. The molecule has 0 aromatic carbocycles. The lowest BCUT2D eigenvalue weighted by molar-refractivity contribution is 0.0992. The van der Waals surface area contributed by atoms with Crippen molar-refractivity contribution in [1.29, 1.82) is 0 Å². The Bertz CT molecular complexity index is 590. The first-order chi connectivity index (χ1) is 9.09. The van der Waals surface area contributed by atoms with Gasteiger partial charge in [-0.05, 0) is 17.9 Å². The lowest BCUT2D eigenvalue weighted by Crippen LogP contribution is -2.34.